The van der Waals surface area contributed by atoms with Crippen molar-refractivity contribution in [1.82, 2.24) is 19.3 Å². The molecule has 0 saturated heterocycles. The first-order valence-electron chi connectivity index (χ1n) is 7.78. The van der Waals surface area contributed by atoms with E-state index in [0.29, 0.717) is 0 Å². The second kappa shape index (κ2) is 6.65. The molecule has 0 radical (unpaired) electrons. The Bertz CT molecular complexity index is 867. The van der Waals surface area contributed by atoms with E-state index in [2.05, 4.69) is 14.8 Å². The van der Waals surface area contributed by atoms with Crippen molar-refractivity contribution >= 4 is 17.5 Å². The van der Waals surface area contributed by atoms with Gasteiger partial charge >= 0.3 is 0 Å². The van der Waals surface area contributed by atoms with Crippen LogP contribution in [0, 0.1) is 13.8 Å². The summed E-state index contributed by atoms with van der Waals surface area (Å²) < 4.78 is 3.94. The standard InChI is InChI=1S/C18H20N4OS/c1-12-10-16(13(2)22(12)15-8-6-5-7-9-15)17(23)14(3)24-18-20-19-11-21(18)4/h5-11,14H,1-4H3/t14-/m1/s1. The van der Waals surface area contributed by atoms with Gasteiger partial charge in [-0.3, -0.25) is 4.79 Å². The Balaban J connectivity index is 1.90. The van der Waals surface area contributed by atoms with Gasteiger partial charge in [-0.15, -0.1) is 10.2 Å². The van der Waals surface area contributed by atoms with Crippen molar-refractivity contribution < 1.29 is 4.79 Å². The van der Waals surface area contributed by atoms with E-state index in [0.717, 1.165) is 27.8 Å². The predicted molar refractivity (Wildman–Crippen MR) is 95.9 cm³/mol. The first-order chi connectivity index (χ1) is 11.5. The molecule has 0 aliphatic rings. The second-order valence-corrected chi connectivity index (χ2v) is 7.11. The highest BCUT2D eigenvalue weighted by Gasteiger charge is 2.23. The van der Waals surface area contributed by atoms with Crippen LogP contribution in [0.4, 0.5) is 0 Å². The van der Waals surface area contributed by atoms with Crippen LogP contribution < -0.4 is 0 Å². The summed E-state index contributed by atoms with van der Waals surface area (Å²) >= 11 is 1.43. The van der Waals surface area contributed by atoms with Gasteiger partial charge in [-0.05, 0) is 39.0 Å². The van der Waals surface area contributed by atoms with Crippen molar-refractivity contribution in [2.24, 2.45) is 7.05 Å². The number of carbonyl (C=O) groups is 1. The molecule has 0 unspecified atom stereocenters. The van der Waals surface area contributed by atoms with Gasteiger partial charge in [0.2, 0.25) is 0 Å². The van der Waals surface area contributed by atoms with Crippen molar-refractivity contribution in [3.05, 3.63) is 59.7 Å². The number of nitrogens with zero attached hydrogens (tertiary/aromatic N) is 4. The number of Topliss-reactive ketones (excluding diaryl/α,β-unsaturated/α-hetero) is 1. The Labute approximate surface area is 145 Å². The number of ketones is 1. The lowest BCUT2D eigenvalue weighted by atomic mass is 10.1. The van der Waals surface area contributed by atoms with Gasteiger partial charge in [-0.2, -0.15) is 0 Å². The van der Waals surface area contributed by atoms with Crippen molar-refractivity contribution in [3.63, 3.8) is 0 Å². The minimum Gasteiger partial charge on any atom is -0.318 e. The lowest BCUT2D eigenvalue weighted by Crippen LogP contribution is -2.15. The average Bonchev–Trinajstić information content (AvgIpc) is 3.10. The summed E-state index contributed by atoms with van der Waals surface area (Å²) in [7, 11) is 1.88. The molecule has 0 N–H and O–H groups in total. The second-order valence-electron chi connectivity index (χ2n) is 5.80. The Morgan fingerprint density at radius 2 is 1.92 bits per heavy atom. The Morgan fingerprint density at radius 3 is 2.54 bits per heavy atom. The maximum Gasteiger partial charge on any atom is 0.191 e. The molecule has 3 rings (SSSR count). The number of aromatic nitrogens is 4. The van der Waals surface area contributed by atoms with E-state index in [1.54, 1.807) is 6.33 Å². The van der Waals surface area contributed by atoms with Crippen LogP contribution in [0.3, 0.4) is 0 Å². The maximum absolute atomic E-state index is 12.9. The fourth-order valence-electron chi connectivity index (χ4n) is 2.80. The highest BCUT2D eigenvalue weighted by molar-refractivity contribution is 8.00. The van der Waals surface area contributed by atoms with Crippen LogP contribution in [0.1, 0.15) is 28.7 Å². The van der Waals surface area contributed by atoms with E-state index in [4.69, 9.17) is 0 Å². The lowest BCUT2D eigenvalue weighted by molar-refractivity contribution is 0.0993. The van der Waals surface area contributed by atoms with Crippen molar-refractivity contribution in [3.8, 4) is 5.69 Å². The van der Waals surface area contributed by atoms with Crippen molar-refractivity contribution in [2.45, 2.75) is 31.2 Å². The van der Waals surface area contributed by atoms with Crippen LogP contribution in [0.25, 0.3) is 5.69 Å². The van der Waals surface area contributed by atoms with Gasteiger partial charge in [0.25, 0.3) is 0 Å². The van der Waals surface area contributed by atoms with Gasteiger partial charge in [-0.1, -0.05) is 30.0 Å². The fourth-order valence-corrected chi connectivity index (χ4v) is 3.65. The van der Waals surface area contributed by atoms with E-state index in [1.165, 1.54) is 11.8 Å². The Hall–Kier alpha value is -2.34. The molecular weight excluding hydrogens is 320 g/mol. The molecule has 1 aromatic carbocycles. The van der Waals surface area contributed by atoms with E-state index < -0.39 is 0 Å². The Kier molecular flexibility index (Phi) is 4.57. The van der Waals surface area contributed by atoms with Gasteiger partial charge in [0.05, 0.1) is 5.25 Å². The quantitative estimate of drug-likeness (QED) is 0.526. The van der Waals surface area contributed by atoms with Gasteiger partial charge in [0.15, 0.2) is 10.9 Å². The largest absolute Gasteiger partial charge is 0.318 e. The van der Waals surface area contributed by atoms with Crippen LogP contribution in [0.2, 0.25) is 0 Å². The summed E-state index contributed by atoms with van der Waals surface area (Å²) in [5.74, 6) is 0.110. The topological polar surface area (TPSA) is 52.7 Å². The number of hydrogen-bond acceptors (Lipinski definition) is 4. The maximum atomic E-state index is 12.9. The first kappa shape index (κ1) is 16.5. The normalized spacial score (nSPS) is 12.3. The number of hydrogen-bond donors (Lipinski definition) is 0. The molecular formula is C18H20N4OS. The number of para-hydroxylation sites is 1. The SMILES string of the molecule is Cc1cc(C(=O)[C@@H](C)Sc2nncn2C)c(C)n1-c1ccccc1. The van der Waals surface area contributed by atoms with E-state index in [9.17, 15) is 4.79 Å². The summed E-state index contributed by atoms with van der Waals surface area (Å²) in [5, 5.41) is 8.42. The van der Waals surface area contributed by atoms with Crippen LogP contribution >= 0.6 is 11.8 Å². The molecule has 3 aromatic rings. The molecule has 5 nitrogen and oxygen atoms in total. The number of rotatable bonds is 5. The molecule has 0 fully saturated rings. The van der Waals surface area contributed by atoms with E-state index in [1.807, 2.05) is 68.8 Å². The molecule has 0 aliphatic heterocycles. The molecule has 0 spiro atoms. The number of carbonyl (C=O) groups excluding carboxylic acids is 1. The molecule has 0 saturated carbocycles. The smallest absolute Gasteiger partial charge is 0.191 e. The fraction of sp³-hybridized carbons (Fsp3) is 0.278. The molecule has 124 valence electrons. The highest BCUT2D eigenvalue weighted by atomic mass is 32.2. The molecule has 2 heterocycles. The zero-order valence-electron chi connectivity index (χ0n) is 14.2. The zero-order valence-corrected chi connectivity index (χ0v) is 15.0. The Morgan fingerprint density at radius 1 is 1.21 bits per heavy atom. The summed E-state index contributed by atoms with van der Waals surface area (Å²) in [6, 6.07) is 12.1. The van der Waals surface area contributed by atoms with E-state index >= 15 is 0 Å². The summed E-state index contributed by atoms with van der Waals surface area (Å²) in [6.07, 6.45) is 1.64. The van der Waals surface area contributed by atoms with Gasteiger partial charge < -0.3 is 9.13 Å². The minimum absolute atomic E-state index is 0.110. The predicted octanol–water partition coefficient (Wildman–Crippen LogP) is 3.59. The molecule has 0 aliphatic carbocycles. The number of aryl methyl sites for hydroxylation is 2. The third-order valence-electron chi connectivity index (χ3n) is 4.03. The average molecular weight is 340 g/mol. The van der Waals surface area contributed by atoms with E-state index in [-0.39, 0.29) is 11.0 Å². The summed E-state index contributed by atoms with van der Waals surface area (Å²) in [4.78, 5) is 12.9. The summed E-state index contributed by atoms with van der Waals surface area (Å²) in [5.41, 5.74) is 3.85. The molecule has 1 atom stereocenters. The third-order valence-corrected chi connectivity index (χ3v) is 5.18. The lowest BCUT2D eigenvalue weighted by Gasteiger charge is -2.11. The van der Waals surface area contributed by atoms with Gasteiger partial charge in [-0.25, -0.2) is 0 Å². The molecule has 0 amide bonds. The highest BCUT2D eigenvalue weighted by Crippen LogP contribution is 2.27. The third kappa shape index (κ3) is 3.01. The first-order valence-corrected chi connectivity index (χ1v) is 8.66. The van der Waals surface area contributed by atoms with Crippen LogP contribution in [0.5, 0.6) is 0 Å². The van der Waals surface area contributed by atoms with Crippen LogP contribution in [-0.4, -0.2) is 30.4 Å². The number of thioether (sulfide) groups is 1. The van der Waals surface area contributed by atoms with Crippen molar-refractivity contribution in [2.75, 3.05) is 0 Å². The van der Waals surface area contributed by atoms with Crippen molar-refractivity contribution in [1.29, 1.82) is 0 Å². The number of benzene rings is 1. The molecule has 6 heteroatoms. The minimum atomic E-state index is -0.224. The molecule has 0 bridgehead atoms. The summed E-state index contributed by atoms with van der Waals surface area (Å²) in [6.45, 7) is 5.93. The van der Waals surface area contributed by atoms with Gasteiger partial charge in [0.1, 0.15) is 6.33 Å². The molecule has 24 heavy (non-hydrogen) atoms. The monoisotopic (exact) mass is 340 g/mol. The van der Waals surface area contributed by atoms with Crippen LogP contribution in [-0.2, 0) is 7.05 Å². The zero-order chi connectivity index (χ0) is 17.3. The van der Waals surface area contributed by atoms with Gasteiger partial charge in [0, 0.05) is 29.7 Å². The molecule has 2 aromatic heterocycles. The van der Waals surface area contributed by atoms with Crippen LogP contribution in [0.15, 0.2) is 47.9 Å².